The number of benzene rings is 1. The molecule has 10 heteroatoms. The predicted octanol–water partition coefficient (Wildman–Crippen LogP) is 5.43. The van der Waals surface area contributed by atoms with Crippen LogP contribution in [-0.2, 0) is 15.7 Å². The molecule has 192 valence electrons. The molecule has 2 atom stereocenters. The van der Waals surface area contributed by atoms with Gasteiger partial charge in [0, 0.05) is 12.5 Å². The van der Waals surface area contributed by atoms with Crippen LogP contribution in [0.2, 0.25) is 0 Å². The van der Waals surface area contributed by atoms with Crippen molar-refractivity contribution >= 4 is 12.0 Å². The molecular weight excluding hydrogens is 466 g/mol. The lowest BCUT2D eigenvalue weighted by Gasteiger charge is -2.38. The van der Waals surface area contributed by atoms with Crippen LogP contribution in [0.1, 0.15) is 69.9 Å². The Hall–Kier alpha value is -2.83. The molecule has 0 spiro atoms. The van der Waals surface area contributed by atoms with Gasteiger partial charge >= 0.3 is 12.3 Å². The van der Waals surface area contributed by atoms with Crippen LogP contribution in [0.25, 0.3) is 0 Å². The smallest absolute Gasteiger partial charge is 0.416 e. The summed E-state index contributed by atoms with van der Waals surface area (Å²) in [6.07, 6.45) is -4.06. The Morgan fingerprint density at radius 2 is 1.71 bits per heavy atom. The summed E-state index contributed by atoms with van der Waals surface area (Å²) in [5.41, 5.74) is -0.681. The third-order valence-electron chi connectivity index (χ3n) is 6.50. The Morgan fingerprint density at radius 1 is 1.11 bits per heavy atom. The second-order valence-corrected chi connectivity index (χ2v) is 10.3. The van der Waals surface area contributed by atoms with E-state index in [9.17, 15) is 32.4 Å². The van der Waals surface area contributed by atoms with Crippen LogP contribution in [-0.4, -0.2) is 58.7 Å². The van der Waals surface area contributed by atoms with Crippen molar-refractivity contribution in [1.29, 1.82) is 5.26 Å². The second-order valence-electron chi connectivity index (χ2n) is 10.3. The van der Waals surface area contributed by atoms with Crippen molar-refractivity contribution in [2.75, 3.05) is 13.1 Å². The minimum Gasteiger partial charge on any atom is -0.444 e. The molecule has 1 aliphatic carbocycles. The Kier molecular flexibility index (Phi) is 7.97. The SMILES string of the molecule is CC(C)(C)OC(=O)N(CC(=O)N1C[C@@H](F)C[C@H]1C#N)C1CCC(c2ccc(C(F)(F)F)cc2)CC1. The van der Waals surface area contributed by atoms with E-state index in [2.05, 4.69) is 0 Å². The Labute approximate surface area is 202 Å². The number of ether oxygens (including phenoxy) is 1. The van der Waals surface area contributed by atoms with Gasteiger partial charge in [0.05, 0.1) is 18.2 Å². The number of nitrogens with zero attached hydrogens (tertiary/aromatic N) is 3. The first-order valence-corrected chi connectivity index (χ1v) is 11.8. The van der Waals surface area contributed by atoms with Crippen molar-refractivity contribution in [3.8, 4) is 6.07 Å². The van der Waals surface area contributed by atoms with Crippen LogP contribution in [0, 0.1) is 11.3 Å². The third-order valence-corrected chi connectivity index (χ3v) is 6.50. The summed E-state index contributed by atoms with van der Waals surface area (Å²) in [5, 5.41) is 9.27. The highest BCUT2D eigenvalue weighted by Crippen LogP contribution is 2.37. The van der Waals surface area contributed by atoms with Crippen LogP contribution in [0.3, 0.4) is 0 Å². The van der Waals surface area contributed by atoms with Gasteiger partial charge in [-0.2, -0.15) is 18.4 Å². The van der Waals surface area contributed by atoms with Gasteiger partial charge in [0.2, 0.25) is 5.91 Å². The number of nitriles is 1. The lowest BCUT2D eigenvalue weighted by molar-refractivity contribution is -0.137. The summed E-state index contributed by atoms with van der Waals surface area (Å²) < 4.78 is 57.9. The van der Waals surface area contributed by atoms with Crippen molar-refractivity contribution < 1.29 is 31.9 Å². The van der Waals surface area contributed by atoms with E-state index in [0.29, 0.717) is 25.7 Å². The molecule has 2 aliphatic rings. The molecule has 0 N–H and O–H groups in total. The lowest BCUT2D eigenvalue weighted by Crippen LogP contribution is -2.50. The fraction of sp³-hybridized carbons (Fsp3) is 0.640. The van der Waals surface area contributed by atoms with E-state index in [1.807, 2.05) is 6.07 Å². The topological polar surface area (TPSA) is 73.6 Å². The summed E-state index contributed by atoms with van der Waals surface area (Å²) in [4.78, 5) is 28.5. The monoisotopic (exact) mass is 497 g/mol. The van der Waals surface area contributed by atoms with Gasteiger partial charge < -0.3 is 9.64 Å². The predicted molar refractivity (Wildman–Crippen MR) is 120 cm³/mol. The third kappa shape index (κ3) is 6.86. The van der Waals surface area contributed by atoms with Gasteiger partial charge in [-0.15, -0.1) is 0 Å². The number of hydrogen-bond donors (Lipinski definition) is 0. The molecule has 1 aromatic carbocycles. The average molecular weight is 498 g/mol. The molecule has 1 aliphatic heterocycles. The maximum absolute atomic E-state index is 13.8. The largest absolute Gasteiger partial charge is 0.444 e. The van der Waals surface area contributed by atoms with Crippen LogP contribution in [0.5, 0.6) is 0 Å². The van der Waals surface area contributed by atoms with Crippen molar-refractivity contribution in [2.45, 2.75) is 88.8 Å². The molecule has 1 saturated carbocycles. The molecule has 1 heterocycles. The van der Waals surface area contributed by atoms with Gasteiger partial charge in [-0.05, 0) is 70.1 Å². The number of amides is 2. The lowest BCUT2D eigenvalue weighted by atomic mass is 9.81. The highest BCUT2D eigenvalue weighted by molar-refractivity contribution is 5.83. The Balaban J connectivity index is 1.70. The van der Waals surface area contributed by atoms with Crippen LogP contribution >= 0.6 is 0 Å². The molecule has 6 nitrogen and oxygen atoms in total. The highest BCUT2D eigenvalue weighted by atomic mass is 19.4. The summed E-state index contributed by atoms with van der Waals surface area (Å²) in [5.74, 6) is -0.467. The van der Waals surface area contributed by atoms with Crippen molar-refractivity contribution in [3.05, 3.63) is 35.4 Å². The molecule has 35 heavy (non-hydrogen) atoms. The second kappa shape index (κ2) is 10.4. The van der Waals surface area contributed by atoms with Crippen LogP contribution < -0.4 is 0 Å². The maximum Gasteiger partial charge on any atom is 0.416 e. The number of halogens is 4. The fourth-order valence-corrected chi connectivity index (χ4v) is 4.75. The van der Waals surface area contributed by atoms with E-state index in [4.69, 9.17) is 4.74 Å². The Morgan fingerprint density at radius 3 is 2.23 bits per heavy atom. The first-order chi connectivity index (χ1) is 16.3. The number of carbonyl (C=O) groups is 2. The summed E-state index contributed by atoms with van der Waals surface area (Å²) in [7, 11) is 0. The van der Waals surface area contributed by atoms with E-state index in [1.54, 1.807) is 20.8 Å². The van der Waals surface area contributed by atoms with Crippen molar-refractivity contribution in [1.82, 2.24) is 9.80 Å². The van der Waals surface area contributed by atoms with Gasteiger partial charge in [0.15, 0.2) is 0 Å². The number of rotatable bonds is 4. The Bertz CT molecular complexity index is 945. The molecule has 0 aromatic heterocycles. The normalized spacial score (nSPS) is 25.1. The summed E-state index contributed by atoms with van der Waals surface area (Å²) in [6, 6.07) is 5.90. The van der Waals surface area contributed by atoms with Crippen molar-refractivity contribution in [2.24, 2.45) is 0 Å². The zero-order valence-corrected chi connectivity index (χ0v) is 20.1. The molecule has 0 bridgehead atoms. The number of carbonyl (C=O) groups excluding carboxylic acids is 2. The van der Waals surface area contributed by atoms with E-state index in [0.717, 1.165) is 17.7 Å². The van der Waals surface area contributed by atoms with Gasteiger partial charge in [-0.3, -0.25) is 9.69 Å². The summed E-state index contributed by atoms with van der Waals surface area (Å²) in [6.45, 7) is 4.64. The first kappa shape index (κ1) is 26.8. The fourth-order valence-electron chi connectivity index (χ4n) is 4.75. The number of hydrogen-bond acceptors (Lipinski definition) is 4. The standard InChI is InChI=1S/C25H31F4N3O3/c1-24(2,3)35-23(34)32(15-22(33)31-14-19(26)12-21(31)13-30)20-10-6-17(7-11-20)16-4-8-18(9-5-16)25(27,28)29/h4-5,8-9,17,19-21H,6-7,10-12,14-15H2,1-3H3/t17?,19-,20?,21-/m0/s1. The van der Waals surface area contributed by atoms with E-state index >= 15 is 0 Å². The zero-order chi connectivity index (χ0) is 26.0. The number of alkyl halides is 4. The van der Waals surface area contributed by atoms with Gasteiger partial charge in [-0.1, -0.05) is 12.1 Å². The highest BCUT2D eigenvalue weighted by Gasteiger charge is 2.39. The average Bonchev–Trinajstić information content (AvgIpc) is 3.16. The quantitative estimate of drug-likeness (QED) is 0.520. The van der Waals surface area contributed by atoms with Gasteiger partial charge in [0.1, 0.15) is 24.4 Å². The van der Waals surface area contributed by atoms with E-state index < -0.39 is 41.6 Å². The first-order valence-electron chi connectivity index (χ1n) is 11.8. The minimum atomic E-state index is -4.39. The van der Waals surface area contributed by atoms with Crippen molar-refractivity contribution in [3.63, 3.8) is 0 Å². The van der Waals surface area contributed by atoms with E-state index in [1.165, 1.54) is 21.9 Å². The minimum absolute atomic E-state index is 0.0403. The molecule has 2 fully saturated rings. The number of likely N-dealkylation sites (tertiary alicyclic amines) is 1. The molecule has 3 rings (SSSR count). The maximum atomic E-state index is 13.8. The van der Waals surface area contributed by atoms with Crippen LogP contribution in [0.4, 0.5) is 22.4 Å². The van der Waals surface area contributed by atoms with Gasteiger partial charge in [0.25, 0.3) is 0 Å². The molecule has 2 amide bonds. The summed E-state index contributed by atoms with van der Waals surface area (Å²) >= 11 is 0. The molecule has 0 radical (unpaired) electrons. The molecule has 1 saturated heterocycles. The molecule has 0 unspecified atom stereocenters. The van der Waals surface area contributed by atoms with E-state index in [-0.39, 0.29) is 31.5 Å². The van der Waals surface area contributed by atoms with Gasteiger partial charge in [-0.25, -0.2) is 9.18 Å². The van der Waals surface area contributed by atoms with Crippen LogP contribution in [0.15, 0.2) is 24.3 Å². The zero-order valence-electron chi connectivity index (χ0n) is 20.1. The molecular formula is C25H31F4N3O3. The molecule has 1 aromatic rings.